The Hall–Kier alpha value is -2.46. The average Bonchev–Trinajstić information content (AvgIpc) is 3.11. The molecule has 0 fully saturated rings. The highest BCUT2D eigenvalue weighted by Gasteiger charge is 2.14. The van der Waals surface area contributed by atoms with E-state index in [0.717, 1.165) is 34.1 Å². The maximum atomic E-state index is 11.9. The molecule has 0 atom stereocenters. The number of carbonyl (C=O) groups excluding carboxylic acids is 1. The third-order valence-corrected chi connectivity index (χ3v) is 4.61. The number of nitrogens with zero attached hydrogens (tertiary/aromatic N) is 3. The van der Waals surface area contributed by atoms with E-state index in [-0.39, 0.29) is 21.8 Å². The van der Waals surface area contributed by atoms with Crippen molar-refractivity contribution in [2.75, 3.05) is 11.1 Å². The van der Waals surface area contributed by atoms with Crippen LogP contribution in [0.4, 0.5) is 10.1 Å². The Balaban J connectivity index is 1.60. The zero-order chi connectivity index (χ0) is 16.4. The summed E-state index contributed by atoms with van der Waals surface area (Å²) >= 11 is 2.08. The van der Waals surface area contributed by atoms with Gasteiger partial charge in [-0.3, -0.25) is 14.9 Å². The molecule has 1 amide bonds. The number of hydrogen-bond acceptors (Lipinski definition) is 7. The molecule has 0 radical (unpaired) electrons. The van der Waals surface area contributed by atoms with Gasteiger partial charge in [0.2, 0.25) is 5.91 Å². The minimum absolute atomic E-state index is 0.111. The van der Waals surface area contributed by atoms with Crippen LogP contribution in [0.2, 0.25) is 0 Å². The highest BCUT2D eigenvalue weighted by molar-refractivity contribution is 7.99. The first-order chi connectivity index (χ1) is 11.0. The summed E-state index contributed by atoms with van der Waals surface area (Å²) in [5.74, 6) is -0.164. The molecule has 1 aromatic carbocycles. The van der Waals surface area contributed by atoms with E-state index in [1.54, 1.807) is 0 Å². The molecule has 0 aliphatic carbocycles. The average molecular weight is 349 g/mol. The van der Waals surface area contributed by atoms with Gasteiger partial charge in [0.15, 0.2) is 10.3 Å². The van der Waals surface area contributed by atoms with E-state index in [1.807, 2.05) is 25.1 Å². The number of amides is 1. The molecular formula is C13H11N5O3S2. The molecule has 0 aliphatic heterocycles. The first kappa shape index (κ1) is 15.4. The molecule has 0 saturated heterocycles. The summed E-state index contributed by atoms with van der Waals surface area (Å²) in [6.45, 7) is 1.99. The van der Waals surface area contributed by atoms with Crippen molar-refractivity contribution in [2.24, 2.45) is 0 Å². The second kappa shape index (κ2) is 6.34. The maximum absolute atomic E-state index is 11.9. The molecule has 2 aromatic heterocycles. The fourth-order valence-electron chi connectivity index (χ4n) is 1.87. The lowest BCUT2D eigenvalue weighted by molar-refractivity contribution is -0.380. The summed E-state index contributed by atoms with van der Waals surface area (Å²) in [5.41, 5.74) is 2.89. The molecule has 118 valence electrons. The van der Waals surface area contributed by atoms with Gasteiger partial charge < -0.3 is 10.3 Å². The standard InChI is InChI=1S/C13H11N5O3S2/c1-7-2-3-8-9(4-7)16-13(15-8)22-6-10(19)17-12-14-5-11(23-12)18(20)21/h2-5H,6H2,1H3,(H,15,16)(H,14,17,19). The smallest absolute Gasteiger partial charge is 0.333 e. The molecule has 0 bridgehead atoms. The maximum Gasteiger partial charge on any atom is 0.345 e. The van der Waals surface area contributed by atoms with E-state index in [4.69, 9.17) is 0 Å². The van der Waals surface area contributed by atoms with E-state index in [9.17, 15) is 14.9 Å². The van der Waals surface area contributed by atoms with Crippen LogP contribution in [0.25, 0.3) is 11.0 Å². The Labute approximate surface area is 138 Å². The normalized spacial score (nSPS) is 10.8. The molecule has 0 aliphatic rings. The SMILES string of the molecule is Cc1ccc2nc(SCC(=O)Nc3ncc([N+](=O)[O-])s3)[nH]c2c1. The second-order valence-corrected chi connectivity index (χ2v) is 6.63. The van der Waals surface area contributed by atoms with Gasteiger partial charge in [0.05, 0.1) is 21.7 Å². The Kier molecular flexibility index (Phi) is 4.26. The van der Waals surface area contributed by atoms with Crippen LogP contribution in [0.1, 0.15) is 5.56 Å². The van der Waals surface area contributed by atoms with Crippen molar-refractivity contribution in [3.63, 3.8) is 0 Å². The number of aryl methyl sites for hydroxylation is 1. The number of H-pyrrole nitrogens is 1. The van der Waals surface area contributed by atoms with Crippen LogP contribution in [0.3, 0.4) is 0 Å². The van der Waals surface area contributed by atoms with E-state index in [0.29, 0.717) is 5.16 Å². The number of rotatable bonds is 5. The number of thiazole rings is 1. The Morgan fingerprint density at radius 3 is 3.09 bits per heavy atom. The molecule has 2 heterocycles. The summed E-state index contributed by atoms with van der Waals surface area (Å²) in [7, 11) is 0. The molecule has 0 saturated carbocycles. The zero-order valence-electron chi connectivity index (χ0n) is 11.9. The van der Waals surface area contributed by atoms with Crippen LogP contribution in [0.5, 0.6) is 0 Å². The van der Waals surface area contributed by atoms with Gasteiger partial charge in [-0.05, 0) is 36.0 Å². The molecule has 3 aromatic rings. The number of aromatic amines is 1. The summed E-state index contributed by atoms with van der Waals surface area (Å²) in [4.78, 5) is 33.2. The first-order valence-corrected chi connectivity index (χ1v) is 8.31. The van der Waals surface area contributed by atoms with Crippen LogP contribution < -0.4 is 5.32 Å². The molecule has 0 unspecified atom stereocenters. The Morgan fingerprint density at radius 1 is 1.52 bits per heavy atom. The lowest BCUT2D eigenvalue weighted by atomic mass is 10.2. The number of thioether (sulfide) groups is 1. The summed E-state index contributed by atoms with van der Waals surface area (Å²) in [5, 5.41) is 13.8. The molecule has 3 rings (SSSR count). The van der Waals surface area contributed by atoms with E-state index in [1.165, 1.54) is 11.8 Å². The van der Waals surface area contributed by atoms with Gasteiger partial charge in [-0.2, -0.15) is 0 Å². The van der Waals surface area contributed by atoms with E-state index >= 15 is 0 Å². The van der Waals surface area contributed by atoms with Crippen LogP contribution in [0.15, 0.2) is 29.6 Å². The Bertz CT molecular complexity index is 889. The highest BCUT2D eigenvalue weighted by Crippen LogP contribution is 2.25. The number of hydrogen-bond donors (Lipinski definition) is 2. The van der Waals surface area contributed by atoms with E-state index in [2.05, 4.69) is 20.3 Å². The monoisotopic (exact) mass is 349 g/mol. The quantitative estimate of drug-likeness (QED) is 0.416. The van der Waals surface area contributed by atoms with Crippen LogP contribution in [-0.2, 0) is 4.79 Å². The molecular weight excluding hydrogens is 338 g/mol. The fourth-order valence-corrected chi connectivity index (χ4v) is 3.20. The lowest BCUT2D eigenvalue weighted by Crippen LogP contribution is -2.13. The van der Waals surface area contributed by atoms with Crippen LogP contribution in [-0.4, -0.2) is 31.5 Å². The van der Waals surface area contributed by atoms with Gasteiger partial charge in [0.25, 0.3) is 0 Å². The van der Waals surface area contributed by atoms with Gasteiger partial charge >= 0.3 is 5.00 Å². The minimum atomic E-state index is -0.543. The third kappa shape index (κ3) is 3.66. The number of nitro groups is 1. The Morgan fingerprint density at radius 2 is 2.35 bits per heavy atom. The number of fused-ring (bicyclic) bond motifs is 1. The predicted molar refractivity (Wildman–Crippen MR) is 89.0 cm³/mol. The van der Waals surface area contributed by atoms with Crippen molar-refractivity contribution in [3.05, 3.63) is 40.1 Å². The predicted octanol–water partition coefficient (Wildman–Crippen LogP) is 2.97. The third-order valence-electron chi connectivity index (χ3n) is 2.88. The van der Waals surface area contributed by atoms with Gasteiger partial charge in [0, 0.05) is 0 Å². The number of carbonyl (C=O) groups is 1. The number of imidazole rings is 1. The topological polar surface area (TPSA) is 114 Å². The van der Waals surface area contributed by atoms with Crippen molar-refractivity contribution in [1.82, 2.24) is 15.0 Å². The number of benzene rings is 1. The molecule has 0 spiro atoms. The van der Waals surface area contributed by atoms with Crippen molar-refractivity contribution < 1.29 is 9.72 Å². The van der Waals surface area contributed by atoms with Crippen molar-refractivity contribution in [1.29, 1.82) is 0 Å². The van der Waals surface area contributed by atoms with Crippen LogP contribution in [0, 0.1) is 17.0 Å². The van der Waals surface area contributed by atoms with Gasteiger partial charge in [-0.1, -0.05) is 17.8 Å². The number of aromatic nitrogens is 3. The van der Waals surface area contributed by atoms with Crippen molar-refractivity contribution in [2.45, 2.75) is 12.1 Å². The van der Waals surface area contributed by atoms with Crippen molar-refractivity contribution >= 4 is 50.2 Å². The number of anilines is 1. The van der Waals surface area contributed by atoms with Gasteiger partial charge in [-0.25, -0.2) is 9.97 Å². The van der Waals surface area contributed by atoms with Crippen molar-refractivity contribution in [3.8, 4) is 0 Å². The summed E-state index contributed by atoms with van der Waals surface area (Å²) < 4.78 is 0. The zero-order valence-corrected chi connectivity index (χ0v) is 13.5. The largest absolute Gasteiger partial charge is 0.345 e. The molecule has 2 N–H and O–H groups in total. The van der Waals surface area contributed by atoms with Gasteiger partial charge in [-0.15, -0.1) is 0 Å². The summed E-state index contributed by atoms with van der Waals surface area (Å²) in [6, 6.07) is 5.88. The summed E-state index contributed by atoms with van der Waals surface area (Å²) in [6.07, 6.45) is 1.12. The molecule has 8 nitrogen and oxygen atoms in total. The van der Waals surface area contributed by atoms with E-state index < -0.39 is 4.92 Å². The first-order valence-electron chi connectivity index (χ1n) is 6.50. The number of nitrogens with one attached hydrogen (secondary N) is 2. The highest BCUT2D eigenvalue weighted by atomic mass is 32.2. The van der Waals surface area contributed by atoms with Crippen LogP contribution >= 0.6 is 23.1 Å². The fraction of sp³-hybridized carbons (Fsp3) is 0.154. The molecule has 23 heavy (non-hydrogen) atoms. The van der Waals surface area contributed by atoms with Gasteiger partial charge in [0.1, 0.15) is 6.20 Å². The molecule has 10 heteroatoms. The second-order valence-electron chi connectivity index (χ2n) is 4.66. The lowest BCUT2D eigenvalue weighted by Gasteiger charge is -1.99. The minimum Gasteiger partial charge on any atom is -0.333 e.